The number of rotatable bonds is 7. The molecule has 0 saturated carbocycles. The Kier molecular flexibility index (Phi) is 8.49. The summed E-state index contributed by atoms with van der Waals surface area (Å²) in [7, 11) is 0. The van der Waals surface area contributed by atoms with Gasteiger partial charge >= 0.3 is 6.09 Å². The van der Waals surface area contributed by atoms with Crippen LogP contribution in [0.4, 0.5) is 4.79 Å². The number of carbonyl (C=O) groups excluding carboxylic acids is 1. The van der Waals surface area contributed by atoms with Gasteiger partial charge < -0.3 is 25.4 Å². The van der Waals surface area contributed by atoms with E-state index in [2.05, 4.69) is 10.6 Å². The Bertz CT molecular complexity index is 518. The molecule has 0 saturated heterocycles. The molecule has 0 aliphatic heterocycles. The molecule has 0 spiro atoms. The highest BCUT2D eigenvalue weighted by Crippen LogP contribution is 2.06. The third kappa shape index (κ3) is 8.69. The molecular formula is C17H27N3O3S. The van der Waals surface area contributed by atoms with Crippen molar-refractivity contribution < 1.29 is 14.6 Å². The summed E-state index contributed by atoms with van der Waals surface area (Å²) in [6.07, 6.45) is -0.452. The van der Waals surface area contributed by atoms with Crippen LogP contribution in [0.5, 0.6) is 0 Å². The van der Waals surface area contributed by atoms with Gasteiger partial charge in [0.05, 0.1) is 6.61 Å². The fraction of sp³-hybridized carbons (Fsp3) is 0.529. The van der Waals surface area contributed by atoms with Crippen molar-refractivity contribution in [2.75, 3.05) is 26.2 Å². The molecule has 24 heavy (non-hydrogen) atoms. The predicted molar refractivity (Wildman–Crippen MR) is 98.8 cm³/mol. The van der Waals surface area contributed by atoms with Gasteiger partial charge in [-0.15, -0.1) is 0 Å². The van der Waals surface area contributed by atoms with E-state index in [9.17, 15) is 9.90 Å². The lowest BCUT2D eigenvalue weighted by molar-refractivity contribution is 0.0529. The van der Waals surface area contributed by atoms with Crippen molar-refractivity contribution in [2.24, 2.45) is 0 Å². The van der Waals surface area contributed by atoms with Crippen LogP contribution in [0.1, 0.15) is 26.3 Å². The highest BCUT2D eigenvalue weighted by Gasteiger charge is 2.15. The Morgan fingerprint density at radius 1 is 1.21 bits per heavy atom. The molecule has 0 aromatic heterocycles. The molecule has 0 bridgehead atoms. The Labute approximate surface area is 149 Å². The number of aliphatic hydroxyl groups excluding tert-OH is 1. The fourth-order valence-corrected chi connectivity index (χ4v) is 2.19. The molecule has 0 radical (unpaired) electrons. The Morgan fingerprint density at radius 3 is 2.42 bits per heavy atom. The first-order valence-corrected chi connectivity index (χ1v) is 8.37. The van der Waals surface area contributed by atoms with Crippen LogP contribution in [-0.2, 0) is 11.3 Å². The number of aliphatic hydroxyl groups is 1. The van der Waals surface area contributed by atoms with Gasteiger partial charge in [0.2, 0.25) is 0 Å². The van der Waals surface area contributed by atoms with Crippen LogP contribution in [0.2, 0.25) is 0 Å². The maximum Gasteiger partial charge on any atom is 0.407 e. The molecular weight excluding hydrogens is 326 g/mol. The lowest BCUT2D eigenvalue weighted by atomic mass is 10.2. The van der Waals surface area contributed by atoms with E-state index in [-0.39, 0.29) is 6.61 Å². The van der Waals surface area contributed by atoms with Crippen LogP contribution in [0.3, 0.4) is 0 Å². The molecule has 0 aliphatic carbocycles. The van der Waals surface area contributed by atoms with Crippen LogP contribution in [-0.4, -0.2) is 53.1 Å². The SMILES string of the molecule is CC(C)(C)OC(=O)NCCNC(=S)N(CCO)Cc1ccccc1. The van der Waals surface area contributed by atoms with E-state index in [1.165, 1.54) is 0 Å². The minimum atomic E-state index is -0.513. The van der Waals surface area contributed by atoms with E-state index in [4.69, 9.17) is 17.0 Å². The maximum atomic E-state index is 11.5. The third-order valence-electron chi connectivity index (χ3n) is 2.94. The first kappa shape index (κ1) is 20.2. The predicted octanol–water partition coefficient (Wildman–Crippen LogP) is 1.88. The standard InChI is InChI=1S/C17H27N3O3S/c1-17(2,3)23-16(22)19-10-9-18-15(24)20(11-12-21)13-14-7-5-4-6-8-14/h4-8,21H,9-13H2,1-3H3,(H,18,24)(H,19,22). The molecule has 0 unspecified atom stereocenters. The molecule has 1 amide bonds. The number of alkyl carbamates (subject to hydrolysis) is 1. The number of carbonyl (C=O) groups is 1. The Balaban J connectivity index is 2.36. The van der Waals surface area contributed by atoms with Crippen LogP contribution in [0.25, 0.3) is 0 Å². The summed E-state index contributed by atoms with van der Waals surface area (Å²) in [5.41, 5.74) is 0.599. The second-order valence-corrected chi connectivity index (χ2v) is 6.68. The van der Waals surface area contributed by atoms with Gasteiger partial charge in [-0.3, -0.25) is 0 Å². The van der Waals surface area contributed by atoms with E-state index in [1.807, 2.05) is 56.0 Å². The average Bonchev–Trinajstić information content (AvgIpc) is 2.50. The lowest BCUT2D eigenvalue weighted by Crippen LogP contribution is -2.44. The monoisotopic (exact) mass is 353 g/mol. The number of nitrogens with one attached hydrogen (secondary N) is 2. The van der Waals surface area contributed by atoms with Crippen molar-refractivity contribution >= 4 is 23.4 Å². The van der Waals surface area contributed by atoms with E-state index < -0.39 is 11.7 Å². The van der Waals surface area contributed by atoms with E-state index in [0.29, 0.717) is 31.3 Å². The largest absolute Gasteiger partial charge is 0.444 e. The van der Waals surface area contributed by atoms with Crippen molar-refractivity contribution in [3.8, 4) is 0 Å². The number of ether oxygens (including phenoxy) is 1. The summed E-state index contributed by atoms with van der Waals surface area (Å²) < 4.78 is 5.16. The average molecular weight is 353 g/mol. The molecule has 3 N–H and O–H groups in total. The molecule has 6 nitrogen and oxygen atoms in total. The zero-order valence-electron chi connectivity index (χ0n) is 14.5. The van der Waals surface area contributed by atoms with Gasteiger partial charge in [0, 0.05) is 26.2 Å². The number of thiocarbonyl (C=S) groups is 1. The highest BCUT2D eigenvalue weighted by molar-refractivity contribution is 7.80. The van der Waals surface area contributed by atoms with Gasteiger partial charge in [0.1, 0.15) is 5.60 Å². The van der Waals surface area contributed by atoms with Crippen LogP contribution >= 0.6 is 12.2 Å². The number of hydrogen-bond donors (Lipinski definition) is 3. The molecule has 0 atom stereocenters. The van der Waals surface area contributed by atoms with Crippen LogP contribution in [0.15, 0.2) is 30.3 Å². The quantitative estimate of drug-likeness (QED) is 0.513. The van der Waals surface area contributed by atoms with Crippen molar-refractivity contribution in [3.63, 3.8) is 0 Å². The van der Waals surface area contributed by atoms with E-state index in [0.717, 1.165) is 5.56 Å². The molecule has 7 heteroatoms. The fourth-order valence-electron chi connectivity index (χ4n) is 1.94. The van der Waals surface area contributed by atoms with Crippen LogP contribution < -0.4 is 10.6 Å². The Hall–Kier alpha value is -1.86. The molecule has 134 valence electrons. The van der Waals surface area contributed by atoms with Crippen molar-refractivity contribution in [3.05, 3.63) is 35.9 Å². The molecule has 1 aromatic rings. The van der Waals surface area contributed by atoms with Gasteiger partial charge in [-0.05, 0) is 38.6 Å². The minimum absolute atomic E-state index is 0.0187. The summed E-state index contributed by atoms with van der Waals surface area (Å²) in [6.45, 7) is 7.41. The summed E-state index contributed by atoms with van der Waals surface area (Å²) in [5, 5.41) is 15.5. The number of amides is 1. The van der Waals surface area contributed by atoms with Crippen molar-refractivity contribution in [1.29, 1.82) is 0 Å². The van der Waals surface area contributed by atoms with E-state index in [1.54, 1.807) is 0 Å². The topological polar surface area (TPSA) is 73.8 Å². The van der Waals surface area contributed by atoms with Gasteiger partial charge in [0.15, 0.2) is 5.11 Å². The molecule has 0 heterocycles. The van der Waals surface area contributed by atoms with Crippen molar-refractivity contribution in [1.82, 2.24) is 15.5 Å². The van der Waals surface area contributed by atoms with E-state index >= 15 is 0 Å². The second kappa shape index (κ2) is 10.1. The highest BCUT2D eigenvalue weighted by atomic mass is 32.1. The molecule has 0 fully saturated rings. The maximum absolute atomic E-state index is 11.5. The van der Waals surface area contributed by atoms with Crippen LogP contribution in [0, 0.1) is 0 Å². The summed E-state index contributed by atoms with van der Waals surface area (Å²) in [6, 6.07) is 9.91. The molecule has 1 aromatic carbocycles. The van der Waals surface area contributed by atoms with Gasteiger partial charge in [0.25, 0.3) is 0 Å². The summed E-state index contributed by atoms with van der Waals surface area (Å²) >= 11 is 5.37. The minimum Gasteiger partial charge on any atom is -0.444 e. The van der Waals surface area contributed by atoms with Gasteiger partial charge in [-0.1, -0.05) is 30.3 Å². The molecule has 0 aliphatic rings. The number of hydrogen-bond acceptors (Lipinski definition) is 4. The Morgan fingerprint density at radius 2 is 1.83 bits per heavy atom. The normalized spacial score (nSPS) is 10.8. The smallest absolute Gasteiger partial charge is 0.407 e. The van der Waals surface area contributed by atoms with Crippen molar-refractivity contribution in [2.45, 2.75) is 32.9 Å². The summed E-state index contributed by atoms with van der Waals surface area (Å²) in [4.78, 5) is 13.4. The zero-order valence-corrected chi connectivity index (χ0v) is 15.4. The number of nitrogens with zero attached hydrogens (tertiary/aromatic N) is 1. The number of benzene rings is 1. The lowest BCUT2D eigenvalue weighted by Gasteiger charge is -2.25. The second-order valence-electron chi connectivity index (χ2n) is 6.29. The van der Waals surface area contributed by atoms with Gasteiger partial charge in [-0.2, -0.15) is 0 Å². The van der Waals surface area contributed by atoms with Gasteiger partial charge in [-0.25, -0.2) is 4.79 Å². The third-order valence-corrected chi connectivity index (χ3v) is 3.35. The molecule has 1 rings (SSSR count). The summed E-state index contributed by atoms with van der Waals surface area (Å²) in [5.74, 6) is 0. The zero-order chi connectivity index (χ0) is 18.0. The first-order chi connectivity index (χ1) is 11.3. The first-order valence-electron chi connectivity index (χ1n) is 7.96.